The molecule has 0 aliphatic rings. The van der Waals surface area contributed by atoms with Gasteiger partial charge in [-0.15, -0.1) is 11.3 Å². The standard InChI is InChI=1S/C21H23BrN2O3S2/c1-3-5-12-23-21(25)20-14-15-13-17(8-11-19(15)28-20)24(4-2)29(26,27)18-9-6-16(22)7-10-18/h6-11,13-14H,3-5,12H2,1-2H3,(H,23,25). The Bertz CT molecular complexity index is 1110. The molecule has 0 unspecified atom stereocenters. The number of unbranched alkanes of at least 4 members (excludes halogenated alkanes) is 1. The number of anilines is 1. The molecule has 0 aliphatic carbocycles. The summed E-state index contributed by atoms with van der Waals surface area (Å²) in [6, 6.07) is 13.9. The van der Waals surface area contributed by atoms with Crippen LogP contribution in [0.25, 0.3) is 10.1 Å². The summed E-state index contributed by atoms with van der Waals surface area (Å²) < 4.78 is 29.4. The van der Waals surface area contributed by atoms with Crippen molar-refractivity contribution in [1.82, 2.24) is 5.32 Å². The lowest BCUT2D eigenvalue weighted by Gasteiger charge is -2.23. The van der Waals surface area contributed by atoms with Crippen molar-refractivity contribution in [3.8, 4) is 0 Å². The molecule has 0 radical (unpaired) electrons. The number of fused-ring (bicyclic) bond motifs is 1. The minimum Gasteiger partial charge on any atom is -0.351 e. The highest BCUT2D eigenvalue weighted by molar-refractivity contribution is 9.10. The normalized spacial score (nSPS) is 11.6. The number of nitrogens with one attached hydrogen (secondary N) is 1. The SMILES string of the molecule is CCCCNC(=O)c1cc2cc(N(CC)S(=O)(=O)c3ccc(Br)cc3)ccc2s1. The molecule has 0 bridgehead atoms. The third-order valence-corrected chi connectivity index (χ3v) is 8.08. The van der Waals surface area contributed by atoms with E-state index in [0.29, 0.717) is 23.7 Å². The molecule has 1 aromatic heterocycles. The summed E-state index contributed by atoms with van der Waals surface area (Å²) in [5, 5.41) is 3.78. The first-order valence-electron chi connectivity index (χ1n) is 9.47. The number of carbonyl (C=O) groups excluding carboxylic acids is 1. The van der Waals surface area contributed by atoms with E-state index in [0.717, 1.165) is 27.4 Å². The Morgan fingerprint density at radius 3 is 2.48 bits per heavy atom. The fourth-order valence-electron chi connectivity index (χ4n) is 2.99. The molecular weight excluding hydrogens is 472 g/mol. The van der Waals surface area contributed by atoms with Gasteiger partial charge in [0.15, 0.2) is 0 Å². The van der Waals surface area contributed by atoms with E-state index in [4.69, 9.17) is 0 Å². The molecule has 5 nitrogen and oxygen atoms in total. The monoisotopic (exact) mass is 494 g/mol. The molecule has 3 rings (SSSR count). The smallest absolute Gasteiger partial charge is 0.264 e. The maximum atomic E-state index is 13.1. The number of carbonyl (C=O) groups is 1. The van der Waals surface area contributed by atoms with Crippen molar-refractivity contribution in [3.63, 3.8) is 0 Å². The molecule has 8 heteroatoms. The van der Waals surface area contributed by atoms with Crippen LogP contribution in [0.15, 0.2) is 57.9 Å². The summed E-state index contributed by atoms with van der Waals surface area (Å²) in [4.78, 5) is 13.2. The lowest BCUT2D eigenvalue weighted by Crippen LogP contribution is -2.30. The van der Waals surface area contributed by atoms with Crippen LogP contribution in [-0.4, -0.2) is 27.4 Å². The Balaban J connectivity index is 1.91. The van der Waals surface area contributed by atoms with Crippen LogP contribution in [0, 0.1) is 0 Å². The van der Waals surface area contributed by atoms with Crippen LogP contribution in [0.4, 0.5) is 5.69 Å². The second-order valence-corrected chi connectivity index (χ2v) is 10.4. The highest BCUT2D eigenvalue weighted by Crippen LogP contribution is 2.32. The molecule has 0 saturated carbocycles. The van der Waals surface area contributed by atoms with Gasteiger partial charge in [0.2, 0.25) is 0 Å². The van der Waals surface area contributed by atoms with Crippen molar-refractivity contribution < 1.29 is 13.2 Å². The number of amides is 1. The molecule has 1 heterocycles. The highest BCUT2D eigenvalue weighted by atomic mass is 79.9. The van der Waals surface area contributed by atoms with Crippen LogP contribution in [0.5, 0.6) is 0 Å². The number of hydrogen-bond donors (Lipinski definition) is 1. The van der Waals surface area contributed by atoms with Crippen LogP contribution in [-0.2, 0) is 10.0 Å². The Morgan fingerprint density at radius 1 is 1.10 bits per heavy atom. The van der Waals surface area contributed by atoms with Gasteiger partial charge in [0.05, 0.1) is 15.5 Å². The molecule has 0 aliphatic heterocycles. The molecule has 0 atom stereocenters. The predicted molar refractivity (Wildman–Crippen MR) is 123 cm³/mol. The molecule has 29 heavy (non-hydrogen) atoms. The first-order chi connectivity index (χ1) is 13.9. The summed E-state index contributed by atoms with van der Waals surface area (Å²) in [5.74, 6) is -0.0870. The zero-order chi connectivity index (χ0) is 21.0. The van der Waals surface area contributed by atoms with Crippen LogP contribution in [0.2, 0.25) is 0 Å². The molecule has 0 saturated heterocycles. The number of sulfonamides is 1. The Hall–Kier alpha value is -1.90. The van der Waals surface area contributed by atoms with E-state index < -0.39 is 10.0 Å². The minimum atomic E-state index is -3.68. The molecule has 2 aromatic carbocycles. The van der Waals surface area contributed by atoms with Crippen LogP contribution >= 0.6 is 27.3 Å². The van der Waals surface area contributed by atoms with Gasteiger partial charge in [-0.2, -0.15) is 0 Å². The van der Waals surface area contributed by atoms with Crippen LogP contribution in [0.1, 0.15) is 36.4 Å². The van der Waals surface area contributed by atoms with Crippen molar-refractivity contribution in [1.29, 1.82) is 0 Å². The van der Waals surface area contributed by atoms with Gasteiger partial charge in [0.1, 0.15) is 0 Å². The van der Waals surface area contributed by atoms with E-state index in [-0.39, 0.29) is 10.8 Å². The molecule has 1 amide bonds. The molecule has 154 valence electrons. The van der Waals surface area contributed by atoms with Gasteiger partial charge in [-0.05, 0) is 67.3 Å². The predicted octanol–water partition coefficient (Wildman–Crippen LogP) is 5.41. The first kappa shape index (κ1) is 21.8. The van der Waals surface area contributed by atoms with E-state index in [1.54, 1.807) is 37.3 Å². The average Bonchev–Trinajstić information content (AvgIpc) is 3.12. The molecule has 3 aromatic rings. The summed E-state index contributed by atoms with van der Waals surface area (Å²) >= 11 is 4.74. The minimum absolute atomic E-state index is 0.0870. The van der Waals surface area contributed by atoms with Gasteiger partial charge in [-0.25, -0.2) is 8.42 Å². The summed E-state index contributed by atoms with van der Waals surface area (Å²) in [6.07, 6.45) is 1.97. The van der Waals surface area contributed by atoms with Gasteiger partial charge in [0, 0.05) is 22.3 Å². The Labute approximate surface area is 183 Å². The lowest BCUT2D eigenvalue weighted by atomic mass is 10.2. The van der Waals surface area contributed by atoms with Crippen LogP contribution in [0.3, 0.4) is 0 Å². The fraction of sp³-hybridized carbons (Fsp3) is 0.286. The Morgan fingerprint density at radius 2 is 1.83 bits per heavy atom. The summed E-state index contributed by atoms with van der Waals surface area (Å²) in [7, 11) is -3.68. The van der Waals surface area contributed by atoms with Gasteiger partial charge in [-0.1, -0.05) is 29.3 Å². The number of nitrogens with zero attached hydrogens (tertiary/aromatic N) is 1. The molecular formula is C21H23BrN2O3S2. The number of thiophene rings is 1. The third-order valence-electron chi connectivity index (χ3n) is 4.52. The van der Waals surface area contributed by atoms with Crippen molar-refractivity contribution in [2.45, 2.75) is 31.6 Å². The van der Waals surface area contributed by atoms with E-state index >= 15 is 0 Å². The van der Waals surface area contributed by atoms with E-state index in [1.807, 2.05) is 18.2 Å². The average molecular weight is 495 g/mol. The zero-order valence-corrected chi connectivity index (χ0v) is 19.5. The maximum Gasteiger partial charge on any atom is 0.264 e. The van der Waals surface area contributed by atoms with Gasteiger partial charge < -0.3 is 5.32 Å². The maximum absolute atomic E-state index is 13.1. The van der Waals surface area contributed by atoms with Gasteiger partial charge in [-0.3, -0.25) is 9.10 Å². The summed E-state index contributed by atoms with van der Waals surface area (Å²) in [5.41, 5.74) is 0.582. The topological polar surface area (TPSA) is 66.5 Å². The van der Waals surface area contributed by atoms with Gasteiger partial charge in [0.25, 0.3) is 15.9 Å². The summed E-state index contributed by atoms with van der Waals surface area (Å²) in [6.45, 7) is 4.85. The van der Waals surface area contributed by atoms with Gasteiger partial charge >= 0.3 is 0 Å². The second-order valence-electron chi connectivity index (χ2n) is 6.57. The highest BCUT2D eigenvalue weighted by Gasteiger charge is 2.24. The second kappa shape index (κ2) is 9.28. The first-order valence-corrected chi connectivity index (χ1v) is 12.5. The zero-order valence-electron chi connectivity index (χ0n) is 16.3. The number of hydrogen-bond acceptors (Lipinski definition) is 4. The largest absolute Gasteiger partial charge is 0.351 e. The molecule has 1 N–H and O–H groups in total. The van der Waals surface area contributed by atoms with Crippen molar-refractivity contribution in [2.24, 2.45) is 0 Å². The molecule has 0 fully saturated rings. The van der Waals surface area contributed by atoms with Crippen molar-refractivity contribution in [3.05, 3.63) is 57.9 Å². The third kappa shape index (κ3) is 4.82. The van der Waals surface area contributed by atoms with E-state index in [9.17, 15) is 13.2 Å². The van der Waals surface area contributed by atoms with Crippen LogP contribution < -0.4 is 9.62 Å². The van der Waals surface area contributed by atoms with E-state index in [2.05, 4.69) is 28.2 Å². The van der Waals surface area contributed by atoms with Crippen molar-refractivity contribution >= 4 is 59.0 Å². The molecule has 0 spiro atoms. The van der Waals surface area contributed by atoms with E-state index in [1.165, 1.54) is 15.6 Å². The Kier molecular flexibility index (Phi) is 6.97. The number of benzene rings is 2. The van der Waals surface area contributed by atoms with Crippen molar-refractivity contribution in [2.75, 3.05) is 17.4 Å². The quantitative estimate of drug-likeness (QED) is 0.425. The fourth-order valence-corrected chi connectivity index (χ4v) is 5.68. The number of rotatable bonds is 8. The number of halogens is 1. The lowest BCUT2D eigenvalue weighted by molar-refractivity contribution is 0.0957.